The number of aromatic nitrogens is 1. The molecule has 2 aromatic rings. The highest BCUT2D eigenvalue weighted by Gasteiger charge is 2.05. The van der Waals surface area contributed by atoms with E-state index >= 15 is 0 Å². The van der Waals surface area contributed by atoms with Gasteiger partial charge in [0.2, 0.25) is 0 Å². The Balaban J connectivity index is 2.37. The van der Waals surface area contributed by atoms with E-state index in [4.69, 9.17) is 17.5 Å². The third-order valence-electron chi connectivity index (χ3n) is 1.55. The second-order valence-corrected chi connectivity index (χ2v) is 5.40. The fraction of sp³-hybridized carbons (Fsp3) is 0. The van der Waals surface area contributed by atoms with Gasteiger partial charge in [-0.3, -0.25) is 0 Å². The zero-order chi connectivity index (χ0) is 9.97. The number of hydrogen-bond acceptors (Lipinski definition) is 5. The van der Waals surface area contributed by atoms with Crippen LogP contribution in [-0.2, 0) is 0 Å². The molecule has 0 saturated carbocycles. The van der Waals surface area contributed by atoms with Crippen LogP contribution < -0.4 is 0 Å². The molecule has 0 bridgehead atoms. The summed E-state index contributed by atoms with van der Waals surface area (Å²) in [7, 11) is 0. The molecule has 2 nitrogen and oxygen atoms in total. The highest BCUT2D eigenvalue weighted by atomic mass is 32.2. The van der Waals surface area contributed by atoms with Crippen molar-refractivity contribution in [1.82, 2.24) is 4.98 Å². The minimum atomic E-state index is 0.309. The van der Waals surface area contributed by atoms with Gasteiger partial charge in [0.15, 0.2) is 8.54 Å². The summed E-state index contributed by atoms with van der Waals surface area (Å²) in [5.74, 6) is 0. The van der Waals surface area contributed by atoms with Crippen LogP contribution in [0.2, 0.25) is 0 Å². The third kappa shape index (κ3) is 1.93. The molecule has 0 N–H and O–H groups in total. The third-order valence-corrected chi connectivity index (χ3v) is 3.76. The number of hydrogen-bond donors (Lipinski definition) is 0. The van der Waals surface area contributed by atoms with Crippen LogP contribution in [0.15, 0.2) is 28.6 Å². The summed E-state index contributed by atoms with van der Waals surface area (Å²) in [5.41, 5.74) is 0.959. The fourth-order valence-electron chi connectivity index (χ4n) is 0.997. The molecule has 5 heteroatoms. The van der Waals surface area contributed by atoms with E-state index in [1.165, 1.54) is 11.8 Å². The van der Waals surface area contributed by atoms with Gasteiger partial charge in [-0.05, 0) is 23.9 Å². The molecule has 2 rings (SSSR count). The normalized spacial score (nSPS) is 9.93. The minimum absolute atomic E-state index is 0.309. The zero-order valence-corrected chi connectivity index (χ0v) is 9.38. The van der Waals surface area contributed by atoms with Crippen molar-refractivity contribution in [2.75, 3.05) is 0 Å². The number of rotatable bonds is 1. The molecule has 0 atom stereocenters. The molecule has 14 heavy (non-hydrogen) atoms. The average molecular weight is 236 g/mol. The molecular formula is C9H4N2S3. The van der Waals surface area contributed by atoms with E-state index < -0.39 is 0 Å². The maximum absolute atomic E-state index is 8.54. The summed E-state index contributed by atoms with van der Waals surface area (Å²) in [5, 5.41) is 8.54. The lowest BCUT2D eigenvalue weighted by Gasteiger charge is -1.85. The Labute approximate surface area is 94.6 Å². The number of nitriles is 1. The first-order chi connectivity index (χ1) is 6.79. The number of thiazole rings is 1. The van der Waals surface area contributed by atoms with Crippen molar-refractivity contribution in [1.29, 1.82) is 5.26 Å². The van der Waals surface area contributed by atoms with Gasteiger partial charge in [-0.15, -0.1) is 11.3 Å². The summed E-state index contributed by atoms with van der Waals surface area (Å²) < 4.78 is 2.26. The van der Waals surface area contributed by atoms with E-state index in [1.54, 1.807) is 11.3 Å². The van der Waals surface area contributed by atoms with Crippen molar-refractivity contribution >= 4 is 49.7 Å². The van der Waals surface area contributed by atoms with Gasteiger partial charge in [0.25, 0.3) is 0 Å². The maximum Gasteiger partial charge on any atom is 0.157 e. The van der Waals surface area contributed by atoms with Gasteiger partial charge < -0.3 is 0 Å². The average Bonchev–Trinajstić information content (AvgIpc) is 2.59. The summed E-state index contributed by atoms with van der Waals surface area (Å²) in [4.78, 5) is 4.34. The molecule has 0 saturated heterocycles. The quantitative estimate of drug-likeness (QED) is 0.562. The molecule has 1 aromatic carbocycles. The number of thiocarbonyl (C=S) groups is 1. The Morgan fingerprint density at radius 1 is 1.50 bits per heavy atom. The topological polar surface area (TPSA) is 36.7 Å². The van der Waals surface area contributed by atoms with E-state index in [-0.39, 0.29) is 0 Å². The molecule has 0 fully saturated rings. The van der Waals surface area contributed by atoms with Crippen LogP contribution in [0.25, 0.3) is 10.2 Å². The van der Waals surface area contributed by atoms with E-state index in [1.807, 2.05) is 30.3 Å². The van der Waals surface area contributed by atoms with Crippen LogP contribution in [-0.4, -0.2) is 9.18 Å². The fourth-order valence-corrected chi connectivity index (χ4v) is 3.12. The summed E-state index contributed by atoms with van der Waals surface area (Å²) in [6.45, 7) is 0. The van der Waals surface area contributed by atoms with Gasteiger partial charge in [0.1, 0.15) is 6.07 Å². The summed E-state index contributed by atoms with van der Waals surface area (Å²) in [6.07, 6.45) is 0. The van der Waals surface area contributed by atoms with Crippen LogP contribution in [0.1, 0.15) is 0 Å². The number of para-hydroxylation sites is 1. The minimum Gasteiger partial charge on any atom is -0.229 e. The van der Waals surface area contributed by atoms with E-state index in [0.717, 1.165) is 14.6 Å². The lowest BCUT2D eigenvalue weighted by molar-refractivity contribution is 1.31. The van der Waals surface area contributed by atoms with Gasteiger partial charge in [0.05, 0.1) is 10.2 Å². The Hall–Kier alpha value is -0.960. The number of benzene rings is 1. The summed E-state index contributed by atoms with van der Waals surface area (Å²) >= 11 is 7.61. The van der Waals surface area contributed by atoms with Gasteiger partial charge in [-0.1, -0.05) is 24.4 Å². The molecular weight excluding hydrogens is 232 g/mol. The molecule has 0 aliphatic rings. The van der Waals surface area contributed by atoms with Crippen molar-refractivity contribution < 1.29 is 0 Å². The van der Waals surface area contributed by atoms with Crippen molar-refractivity contribution in [2.45, 2.75) is 4.34 Å². The molecule has 0 unspecified atom stereocenters. The molecule has 1 heterocycles. The second kappa shape index (κ2) is 4.05. The monoisotopic (exact) mass is 236 g/mol. The second-order valence-electron chi connectivity index (χ2n) is 2.45. The van der Waals surface area contributed by atoms with Crippen molar-refractivity contribution in [3.63, 3.8) is 0 Å². The van der Waals surface area contributed by atoms with Crippen molar-refractivity contribution in [3.8, 4) is 6.07 Å². The Bertz CT molecular complexity index is 491. The van der Waals surface area contributed by atoms with Gasteiger partial charge in [0, 0.05) is 0 Å². The molecule has 1 aromatic heterocycles. The standard InChI is InChI=1S/C9H4N2S3/c10-5-8(12)14-9-11-6-3-1-2-4-7(6)13-9/h1-4H. The van der Waals surface area contributed by atoms with Crippen molar-refractivity contribution in [3.05, 3.63) is 24.3 Å². The highest BCUT2D eigenvalue weighted by molar-refractivity contribution is 8.24. The molecule has 68 valence electrons. The predicted molar refractivity (Wildman–Crippen MR) is 63.7 cm³/mol. The van der Waals surface area contributed by atoms with Gasteiger partial charge >= 0.3 is 0 Å². The lowest BCUT2D eigenvalue weighted by atomic mass is 10.3. The zero-order valence-electron chi connectivity index (χ0n) is 6.93. The number of fused-ring (bicyclic) bond motifs is 1. The number of thioether (sulfide) groups is 1. The van der Waals surface area contributed by atoms with Crippen LogP contribution >= 0.6 is 35.3 Å². The number of nitrogens with zero attached hydrogens (tertiary/aromatic N) is 2. The Morgan fingerprint density at radius 2 is 2.29 bits per heavy atom. The Kier molecular flexibility index (Phi) is 2.77. The predicted octanol–water partition coefficient (Wildman–Crippen LogP) is 3.24. The molecule has 0 aliphatic carbocycles. The van der Waals surface area contributed by atoms with Crippen LogP contribution in [0, 0.1) is 11.3 Å². The van der Waals surface area contributed by atoms with Gasteiger partial charge in [-0.25, -0.2) is 4.98 Å². The van der Waals surface area contributed by atoms with Gasteiger partial charge in [-0.2, -0.15) is 5.26 Å². The van der Waals surface area contributed by atoms with Crippen LogP contribution in [0.4, 0.5) is 0 Å². The van der Waals surface area contributed by atoms with E-state index in [2.05, 4.69) is 4.98 Å². The molecule has 0 aliphatic heterocycles. The van der Waals surface area contributed by atoms with Crippen LogP contribution in [0.5, 0.6) is 0 Å². The maximum atomic E-state index is 8.54. The Morgan fingerprint density at radius 3 is 3.00 bits per heavy atom. The molecule has 0 spiro atoms. The largest absolute Gasteiger partial charge is 0.229 e. The first kappa shape index (κ1) is 9.59. The lowest BCUT2D eigenvalue weighted by Crippen LogP contribution is -1.78. The van der Waals surface area contributed by atoms with E-state index in [9.17, 15) is 0 Å². The van der Waals surface area contributed by atoms with E-state index in [0.29, 0.717) is 4.20 Å². The SMILES string of the molecule is N#CC(=S)Sc1nc2ccccc2s1. The molecule has 0 radical (unpaired) electrons. The first-order valence-corrected chi connectivity index (χ1v) is 5.81. The van der Waals surface area contributed by atoms with Crippen LogP contribution in [0.3, 0.4) is 0 Å². The highest BCUT2D eigenvalue weighted by Crippen LogP contribution is 2.29. The van der Waals surface area contributed by atoms with Crippen molar-refractivity contribution in [2.24, 2.45) is 0 Å². The summed E-state index contributed by atoms with van der Waals surface area (Å²) in [6, 6.07) is 9.79. The smallest absolute Gasteiger partial charge is 0.157 e. The first-order valence-electron chi connectivity index (χ1n) is 3.77. The molecule has 0 amide bonds.